The maximum atomic E-state index is 12.6. The van der Waals surface area contributed by atoms with Crippen LogP contribution >= 0.6 is 0 Å². The molecule has 0 unspecified atom stereocenters. The molecule has 0 saturated carbocycles. The smallest absolute Gasteiger partial charge is 0.319 e. The number of amides is 2. The number of urea groups is 1. The molecule has 15 heavy (non-hydrogen) atoms. The first-order chi connectivity index (χ1) is 7.24. The average molecular weight is 209 g/mol. The highest BCUT2D eigenvalue weighted by atomic mass is 19.1. The molecule has 1 fully saturated rings. The molecular weight excluding hydrogens is 197 g/mol. The van der Waals surface area contributed by atoms with Crippen LogP contribution in [0.2, 0.25) is 0 Å². The van der Waals surface area contributed by atoms with Crippen LogP contribution in [0.4, 0.5) is 14.9 Å². The molecule has 1 aliphatic rings. The van der Waals surface area contributed by atoms with Crippen molar-refractivity contribution in [3.8, 4) is 0 Å². The zero-order chi connectivity index (χ0) is 10.7. The minimum absolute atomic E-state index is 0.199. The SMILES string of the molecule is O=C(Nc1ccc(F)cc1)NC1CNC1. The van der Waals surface area contributed by atoms with E-state index in [1.165, 1.54) is 24.3 Å². The van der Waals surface area contributed by atoms with Crippen LogP contribution < -0.4 is 16.0 Å². The van der Waals surface area contributed by atoms with Gasteiger partial charge >= 0.3 is 6.03 Å². The van der Waals surface area contributed by atoms with Crippen molar-refractivity contribution < 1.29 is 9.18 Å². The second-order valence-corrected chi connectivity index (χ2v) is 3.46. The summed E-state index contributed by atoms with van der Waals surface area (Å²) in [5.74, 6) is -0.316. The van der Waals surface area contributed by atoms with Crippen LogP contribution in [0.5, 0.6) is 0 Å². The first-order valence-electron chi connectivity index (χ1n) is 4.78. The molecule has 1 aromatic carbocycles. The summed E-state index contributed by atoms with van der Waals surface area (Å²) in [6.07, 6.45) is 0. The van der Waals surface area contributed by atoms with Crippen LogP contribution in [0, 0.1) is 5.82 Å². The largest absolute Gasteiger partial charge is 0.333 e. The fraction of sp³-hybridized carbons (Fsp3) is 0.300. The van der Waals surface area contributed by atoms with E-state index in [0.29, 0.717) is 5.69 Å². The van der Waals surface area contributed by atoms with Gasteiger partial charge in [-0.15, -0.1) is 0 Å². The Labute approximate surface area is 86.9 Å². The first kappa shape index (κ1) is 9.92. The van der Waals surface area contributed by atoms with Crippen LogP contribution in [-0.2, 0) is 0 Å². The molecule has 2 amide bonds. The number of rotatable bonds is 2. The van der Waals surface area contributed by atoms with Gasteiger partial charge in [0.15, 0.2) is 0 Å². The van der Waals surface area contributed by atoms with E-state index >= 15 is 0 Å². The van der Waals surface area contributed by atoms with Crippen LogP contribution in [0.3, 0.4) is 0 Å². The number of benzene rings is 1. The van der Waals surface area contributed by atoms with Crippen LogP contribution in [0.15, 0.2) is 24.3 Å². The van der Waals surface area contributed by atoms with Gasteiger partial charge in [-0.05, 0) is 24.3 Å². The fourth-order valence-electron chi connectivity index (χ4n) is 1.28. The van der Waals surface area contributed by atoms with E-state index in [9.17, 15) is 9.18 Å². The van der Waals surface area contributed by atoms with Gasteiger partial charge in [0, 0.05) is 18.8 Å². The number of carbonyl (C=O) groups is 1. The maximum Gasteiger partial charge on any atom is 0.319 e. The molecule has 1 aromatic rings. The Kier molecular flexibility index (Phi) is 2.82. The molecule has 4 nitrogen and oxygen atoms in total. The van der Waals surface area contributed by atoms with E-state index in [2.05, 4.69) is 16.0 Å². The Morgan fingerprint density at radius 2 is 2.00 bits per heavy atom. The highest BCUT2D eigenvalue weighted by molar-refractivity contribution is 5.89. The lowest BCUT2D eigenvalue weighted by atomic mass is 10.2. The van der Waals surface area contributed by atoms with Crippen molar-refractivity contribution in [2.45, 2.75) is 6.04 Å². The van der Waals surface area contributed by atoms with E-state index in [4.69, 9.17) is 0 Å². The van der Waals surface area contributed by atoms with Gasteiger partial charge < -0.3 is 16.0 Å². The highest BCUT2D eigenvalue weighted by Gasteiger charge is 2.18. The number of anilines is 1. The molecule has 80 valence electrons. The molecule has 1 heterocycles. The summed E-state index contributed by atoms with van der Waals surface area (Å²) in [4.78, 5) is 11.4. The van der Waals surface area contributed by atoms with Crippen LogP contribution in [0.1, 0.15) is 0 Å². The van der Waals surface area contributed by atoms with Crippen molar-refractivity contribution >= 4 is 11.7 Å². The van der Waals surface area contributed by atoms with Crippen molar-refractivity contribution in [2.24, 2.45) is 0 Å². The van der Waals surface area contributed by atoms with Crippen molar-refractivity contribution in [2.75, 3.05) is 18.4 Å². The van der Waals surface area contributed by atoms with Gasteiger partial charge in [-0.1, -0.05) is 0 Å². The highest BCUT2D eigenvalue weighted by Crippen LogP contribution is 2.07. The molecule has 5 heteroatoms. The zero-order valence-electron chi connectivity index (χ0n) is 8.09. The minimum Gasteiger partial charge on any atom is -0.333 e. The Bertz CT molecular complexity index is 348. The maximum absolute atomic E-state index is 12.6. The number of nitrogens with one attached hydrogen (secondary N) is 3. The summed E-state index contributed by atoms with van der Waals surface area (Å²) < 4.78 is 12.6. The van der Waals surface area contributed by atoms with Crippen molar-refractivity contribution in [3.05, 3.63) is 30.1 Å². The Morgan fingerprint density at radius 1 is 1.33 bits per heavy atom. The standard InChI is InChI=1S/C10H12FN3O/c11-7-1-3-8(4-2-7)13-10(15)14-9-5-12-6-9/h1-4,9,12H,5-6H2,(H2,13,14,15). The van der Waals surface area contributed by atoms with Crippen molar-refractivity contribution in [1.29, 1.82) is 0 Å². The number of carbonyl (C=O) groups excluding carboxylic acids is 1. The van der Waals surface area contributed by atoms with E-state index in [1.54, 1.807) is 0 Å². The second kappa shape index (κ2) is 4.27. The molecule has 0 bridgehead atoms. The van der Waals surface area contributed by atoms with Gasteiger partial charge in [-0.25, -0.2) is 9.18 Å². The molecule has 1 saturated heterocycles. The molecule has 0 spiro atoms. The summed E-state index contributed by atoms with van der Waals surface area (Å²) >= 11 is 0. The summed E-state index contributed by atoms with van der Waals surface area (Å²) in [5.41, 5.74) is 0.584. The van der Waals surface area contributed by atoms with E-state index in [-0.39, 0.29) is 17.9 Å². The summed E-state index contributed by atoms with van der Waals surface area (Å²) in [5, 5.41) is 8.44. The zero-order valence-corrected chi connectivity index (χ0v) is 8.09. The van der Waals surface area contributed by atoms with Gasteiger partial charge in [-0.3, -0.25) is 0 Å². The van der Waals surface area contributed by atoms with Crippen LogP contribution in [0.25, 0.3) is 0 Å². The molecule has 2 rings (SSSR count). The number of hydrogen-bond acceptors (Lipinski definition) is 2. The van der Waals surface area contributed by atoms with Gasteiger partial charge in [0.2, 0.25) is 0 Å². The molecule has 0 aromatic heterocycles. The Morgan fingerprint density at radius 3 is 2.53 bits per heavy atom. The van der Waals surface area contributed by atoms with E-state index < -0.39 is 0 Å². The van der Waals surface area contributed by atoms with E-state index in [1.807, 2.05) is 0 Å². The molecule has 0 atom stereocenters. The van der Waals surface area contributed by atoms with Gasteiger partial charge in [-0.2, -0.15) is 0 Å². The molecular formula is C10H12FN3O. The Hall–Kier alpha value is -1.62. The molecule has 0 aliphatic carbocycles. The second-order valence-electron chi connectivity index (χ2n) is 3.46. The lowest BCUT2D eigenvalue weighted by Gasteiger charge is -2.27. The third kappa shape index (κ3) is 2.66. The molecule has 1 aliphatic heterocycles. The quantitative estimate of drug-likeness (QED) is 0.678. The molecule has 0 radical (unpaired) electrons. The van der Waals surface area contributed by atoms with Crippen molar-refractivity contribution in [3.63, 3.8) is 0 Å². The lowest BCUT2D eigenvalue weighted by molar-refractivity contribution is 0.243. The fourth-order valence-corrected chi connectivity index (χ4v) is 1.28. The van der Waals surface area contributed by atoms with Gasteiger partial charge in [0.1, 0.15) is 5.82 Å². The third-order valence-corrected chi connectivity index (χ3v) is 2.22. The minimum atomic E-state index is -0.316. The summed E-state index contributed by atoms with van der Waals surface area (Å²) in [6, 6.07) is 5.60. The van der Waals surface area contributed by atoms with E-state index in [0.717, 1.165) is 13.1 Å². The third-order valence-electron chi connectivity index (χ3n) is 2.22. The predicted molar refractivity (Wildman–Crippen MR) is 55.2 cm³/mol. The van der Waals surface area contributed by atoms with Gasteiger partial charge in [0.25, 0.3) is 0 Å². The summed E-state index contributed by atoms with van der Waals surface area (Å²) in [7, 11) is 0. The average Bonchev–Trinajstić information content (AvgIpc) is 2.16. The van der Waals surface area contributed by atoms with Gasteiger partial charge in [0.05, 0.1) is 6.04 Å². The first-order valence-corrected chi connectivity index (χ1v) is 4.78. The van der Waals surface area contributed by atoms with Crippen LogP contribution in [-0.4, -0.2) is 25.2 Å². The molecule has 3 N–H and O–H groups in total. The lowest BCUT2D eigenvalue weighted by Crippen LogP contribution is -2.57. The Balaban J connectivity index is 1.84. The normalized spacial score (nSPS) is 15.5. The monoisotopic (exact) mass is 209 g/mol. The summed E-state index contributed by atoms with van der Waals surface area (Å²) in [6.45, 7) is 1.60. The predicted octanol–water partition coefficient (Wildman–Crippen LogP) is 0.919. The van der Waals surface area contributed by atoms with Crippen molar-refractivity contribution in [1.82, 2.24) is 10.6 Å². The number of hydrogen-bond donors (Lipinski definition) is 3. The topological polar surface area (TPSA) is 53.2 Å². The number of halogens is 1.